The van der Waals surface area contributed by atoms with Gasteiger partial charge in [0.25, 0.3) is 11.6 Å². The maximum atomic E-state index is 12.0. The summed E-state index contributed by atoms with van der Waals surface area (Å²) in [5.41, 5.74) is 4.95. The standard InChI is InChI=1S/C15H18ClN5O4S/c16-11-6-5-10(21(24)25)8-12(11)17-15(26)19-18-13(22)9-20-7-3-1-2-4-14(20)23/h5-6,8H,1-4,7,9H2,(H,18,22)(H2,17,19,26). The van der Waals surface area contributed by atoms with E-state index in [0.717, 1.165) is 19.3 Å². The Balaban J connectivity index is 1.84. The first-order chi connectivity index (χ1) is 12.4. The van der Waals surface area contributed by atoms with E-state index in [2.05, 4.69) is 16.2 Å². The van der Waals surface area contributed by atoms with Crippen molar-refractivity contribution < 1.29 is 14.5 Å². The topological polar surface area (TPSA) is 117 Å². The van der Waals surface area contributed by atoms with Crippen LogP contribution in [0.1, 0.15) is 25.7 Å². The summed E-state index contributed by atoms with van der Waals surface area (Å²) < 4.78 is 0. The number of thiocarbonyl (C=S) groups is 1. The number of carbonyl (C=O) groups is 2. The van der Waals surface area contributed by atoms with E-state index in [4.69, 9.17) is 23.8 Å². The Morgan fingerprint density at radius 3 is 2.81 bits per heavy atom. The van der Waals surface area contributed by atoms with Crippen LogP contribution in [0.3, 0.4) is 0 Å². The lowest BCUT2D eigenvalue weighted by molar-refractivity contribution is -0.384. The number of hydrazine groups is 1. The number of nitro benzene ring substituents is 1. The third-order valence-electron chi connectivity index (χ3n) is 3.73. The first-order valence-corrected chi connectivity index (χ1v) is 8.73. The number of halogens is 1. The predicted octanol–water partition coefficient (Wildman–Crippen LogP) is 1.97. The molecule has 1 aromatic rings. The molecule has 1 saturated heterocycles. The molecule has 0 aromatic heterocycles. The van der Waals surface area contributed by atoms with Crippen LogP contribution >= 0.6 is 23.8 Å². The second-order valence-electron chi connectivity index (χ2n) is 5.67. The predicted molar refractivity (Wildman–Crippen MR) is 101 cm³/mol. The number of benzene rings is 1. The van der Waals surface area contributed by atoms with Gasteiger partial charge in [0.05, 0.1) is 15.6 Å². The van der Waals surface area contributed by atoms with Gasteiger partial charge in [-0.3, -0.25) is 30.6 Å². The van der Waals surface area contributed by atoms with Crippen molar-refractivity contribution in [1.82, 2.24) is 15.8 Å². The van der Waals surface area contributed by atoms with Crippen molar-refractivity contribution in [1.29, 1.82) is 0 Å². The molecule has 1 aliphatic rings. The van der Waals surface area contributed by atoms with Crippen molar-refractivity contribution in [3.05, 3.63) is 33.3 Å². The SMILES string of the molecule is O=C(CN1CCCCCC1=O)NNC(=S)Nc1cc([N+](=O)[O-])ccc1Cl. The Morgan fingerprint density at radius 1 is 1.31 bits per heavy atom. The van der Waals surface area contributed by atoms with Crippen molar-refractivity contribution in [2.45, 2.75) is 25.7 Å². The molecule has 2 amide bonds. The molecule has 0 atom stereocenters. The van der Waals surface area contributed by atoms with Gasteiger partial charge in [0.15, 0.2) is 5.11 Å². The monoisotopic (exact) mass is 399 g/mol. The van der Waals surface area contributed by atoms with Crippen LogP contribution < -0.4 is 16.2 Å². The Kier molecular flexibility index (Phi) is 7.10. The molecule has 1 aromatic carbocycles. The molecular formula is C15H18ClN5O4S. The van der Waals surface area contributed by atoms with Crippen LogP contribution in [-0.4, -0.2) is 39.8 Å². The highest BCUT2D eigenvalue weighted by atomic mass is 35.5. The normalized spacial score (nSPS) is 14.3. The van der Waals surface area contributed by atoms with Crippen molar-refractivity contribution in [3.8, 4) is 0 Å². The summed E-state index contributed by atoms with van der Waals surface area (Å²) in [5.74, 6) is -0.462. The summed E-state index contributed by atoms with van der Waals surface area (Å²) in [6, 6.07) is 3.87. The summed E-state index contributed by atoms with van der Waals surface area (Å²) in [6.07, 6.45) is 3.14. The number of amides is 2. The maximum absolute atomic E-state index is 12.0. The second-order valence-corrected chi connectivity index (χ2v) is 6.49. The molecule has 0 radical (unpaired) electrons. The Bertz CT molecular complexity index is 730. The fraction of sp³-hybridized carbons (Fsp3) is 0.400. The van der Waals surface area contributed by atoms with E-state index in [9.17, 15) is 19.7 Å². The molecule has 26 heavy (non-hydrogen) atoms. The van der Waals surface area contributed by atoms with Gasteiger partial charge in [-0.05, 0) is 31.1 Å². The third kappa shape index (κ3) is 5.81. The molecule has 1 heterocycles. The summed E-state index contributed by atoms with van der Waals surface area (Å²) in [5, 5.41) is 13.7. The average molecular weight is 400 g/mol. The molecule has 0 saturated carbocycles. The molecule has 1 aliphatic heterocycles. The smallest absolute Gasteiger partial charge is 0.271 e. The van der Waals surface area contributed by atoms with Crippen molar-refractivity contribution in [2.24, 2.45) is 0 Å². The average Bonchev–Trinajstić information content (AvgIpc) is 2.79. The van der Waals surface area contributed by atoms with Crippen molar-refractivity contribution >= 4 is 52.1 Å². The molecule has 9 nitrogen and oxygen atoms in total. The van der Waals surface area contributed by atoms with Crippen LogP contribution in [0, 0.1) is 10.1 Å². The van der Waals surface area contributed by atoms with Gasteiger partial charge >= 0.3 is 0 Å². The van der Waals surface area contributed by atoms with Crippen molar-refractivity contribution in [3.63, 3.8) is 0 Å². The van der Waals surface area contributed by atoms with Crippen LogP contribution in [0.15, 0.2) is 18.2 Å². The van der Waals surface area contributed by atoms with Gasteiger partial charge in [-0.25, -0.2) is 0 Å². The van der Waals surface area contributed by atoms with E-state index < -0.39 is 10.8 Å². The Labute approximate surface area is 160 Å². The number of hydrogen-bond acceptors (Lipinski definition) is 5. The zero-order chi connectivity index (χ0) is 19.1. The van der Waals surface area contributed by atoms with Gasteiger partial charge in [-0.1, -0.05) is 18.0 Å². The minimum Gasteiger partial charge on any atom is -0.333 e. The van der Waals surface area contributed by atoms with Gasteiger partial charge in [-0.15, -0.1) is 0 Å². The van der Waals surface area contributed by atoms with E-state index in [0.29, 0.717) is 13.0 Å². The molecular weight excluding hydrogens is 382 g/mol. The highest BCUT2D eigenvalue weighted by Crippen LogP contribution is 2.26. The van der Waals surface area contributed by atoms with Crippen LogP contribution in [0.2, 0.25) is 5.02 Å². The maximum Gasteiger partial charge on any atom is 0.271 e. The third-order valence-corrected chi connectivity index (χ3v) is 4.26. The molecule has 0 spiro atoms. The number of nitrogens with zero attached hydrogens (tertiary/aromatic N) is 2. The number of nitro groups is 1. The Morgan fingerprint density at radius 2 is 2.08 bits per heavy atom. The van der Waals surface area contributed by atoms with Gasteiger partial charge in [-0.2, -0.15) is 0 Å². The second kappa shape index (κ2) is 9.30. The zero-order valence-corrected chi connectivity index (χ0v) is 15.4. The van der Waals surface area contributed by atoms with E-state index >= 15 is 0 Å². The highest BCUT2D eigenvalue weighted by molar-refractivity contribution is 7.80. The molecule has 0 aliphatic carbocycles. The lowest BCUT2D eigenvalue weighted by Gasteiger charge is -2.20. The largest absolute Gasteiger partial charge is 0.333 e. The first kappa shape index (κ1) is 19.9. The number of anilines is 1. The van der Waals surface area contributed by atoms with Crippen LogP contribution in [0.4, 0.5) is 11.4 Å². The highest BCUT2D eigenvalue weighted by Gasteiger charge is 2.19. The van der Waals surface area contributed by atoms with E-state index in [-0.39, 0.29) is 34.0 Å². The van der Waals surface area contributed by atoms with Gasteiger partial charge in [0, 0.05) is 25.1 Å². The zero-order valence-electron chi connectivity index (χ0n) is 13.8. The molecule has 0 bridgehead atoms. The van der Waals surface area contributed by atoms with Crippen LogP contribution in [0.5, 0.6) is 0 Å². The summed E-state index contributed by atoms with van der Waals surface area (Å²) >= 11 is 11.0. The quantitative estimate of drug-likeness (QED) is 0.402. The number of rotatable bonds is 4. The van der Waals surface area contributed by atoms with E-state index in [1.807, 2.05) is 0 Å². The van der Waals surface area contributed by atoms with Crippen LogP contribution in [-0.2, 0) is 9.59 Å². The van der Waals surface area contributed by atoms with Gasteiger partial charge < -0.3 is 10.2 Å². The first-order valence-electron chi connectivity index (χ1n) is 7.94. The number of carbonyl (C=O) groups excluding carboxylic acids is 2. The molecule has 3 N–H and O–H groups in total. The van der Waals surface area contributed by atoms with Gasteiger partial charge in [0.1, 0.15) is 6.54 Å². The summed E-state index contributed by atoms with van der Waals surface area (Å²) in [4.78, 5) is 35.6. The number of hydrogen-bond donors (Lipinski definition) is 3. The number of non-ortho nitro benzene ring substituents is 1. The summed E-state index contributed by atoms with van der Waals surface area (Å²) in [7, 11) is 0. The number of nitrogens with one attached hydrogen (secondary N) is 3. The van der Waals surface area contributed by atoms with Crippen molar-refractivity contribution in [2.75, 3.05) is 18.4 Å². The molecule has 11 heteroatoms. The minimum absolute atomic E-state index is 0.00272. The molecule has 140 valence electrons. The molecule has 0 unspecified atom stereocenters. The minimum atomic E-state index is -0.558. The lowest BCUT2D eigenvalue weighted by atomic mass is 10.2. The fourth-order valence-corrected chi connectivity index (χ4v) is 2.75. The Hall–Kier alpha value is -2.46. The lowest BCUT2D eigenvalue weighted by Crippen LogP contribution is -2.48. The van der Waals surface area contributed by atoms with Gasteiger partial charge in [0.2, 0.25) is 5.91 Å². The molecule has 1 fully saturated rings. The summed E-state index contributed by atoms with van der Waals surface area (Å²) in [6.45, 7) is 0.490. The van der Waals surface area contributed by atoms with E-state index in [1.54, 1.807) is 0 Å². The van der Waals surface area contributed by atoms with Crippen LogP contribution in [0.25, 0.3) is 0 Å². The van der Waals surface area contributed by atoms with E-state index in [1.165, 1.54) is 23.1 Å². The fourth-order valence-electron chi connectivity index (χ4n) is 2.42. The molecule has 2 rings (SSSR count). The number of likely N-dealkylation sites (tertiary alicyclic amines) is 1.